The smallest absolute Gasteiger partial charge is 0.280 e. The average molecular weight is 427 g/mol. The van der Waals surface area contributed by atoms with Crippen LogP contribution in [0.25, 0.3) is 6.08 Å². The molecule has 0 aliphatic carbocycles. The molecule has 162 valence electrons. The van der Waals surface area contributed by atoms with Gasteiger partial charge >= 0.3 is 0 Å². The minimum atomic E-state index is -0.147. The molecule has 0 bridgehead atoms. The molecule has 1 heterocycles. The van der Waals surface area contributed by atoms with E-state index in [4.69, 9.17) is 9.47 Å². The summed E-state index contributed by atoms with van der Waals surface area (Å²) in [7, 11) is 0. The summed E-state index contributed by atoms with van der Waals surface area (Å²) < 4.78 is 11.8. The molecule has 0 aromatic heterocycles. The number of carbonyl (C=O) groups is 1. The minimum absolute atomic E-state index is 0.147. The van der Waals surface area contributed by atoms with Crippen LogP contribution in [0, 0.1) is 6.92 Å². The number of benzene rings is 3. The van der Waals surface area contributed by atoms with E-state index in [0.717, 1.165) is 16.8 Å². The zero-order valence-electron chi connectivity index (χ0n) is 18.5. The molecular weight excluding hydrogens is 400 g/mol. The van der Waals surface area contributed by atoms with Gasteiger partial charge in [0.05, 0.1) is 23.6 Å². The van der Waals surface area contributed by atoms with Crippen molar-refractivity contribution in [1.82, 2.24) is 0 Å². The summed E-state index contributed by atoms with van der Waals surface area (Å²) in [5.41, 5.74) is 5.13. The summed E-state index contributed by atoms with van der Waals surface area (Å²) in [5, 5.41) is 5.87. The number of aryl methyl sites for hydroxylation is 1. The summed E-state index contributed by atoms with van der Waals surface area (Å²) in [6.45, 7) is 6.81. The van der Waals surface area contributed by atoms with E-state index >= 15 is 0 Å². The molecule has 1 aliphatic rings. The van der Waals surface area contributed by atoms with Crippen molar-refractivity contribution in [3.8, 4) is 11.5 Å². The van der Waals surface area contributed by atoms with Crippen LogP contribution in [0.5, 0.6) is 11.5 Å². The zero-order chi connectivity index (χ0) is 22.5. The Hall–Kier alpha value is -3.86. The molecule has 0 radical (unpaired) electrons. The van der Waals surface area contributed by atoms with Crippen LogP contribution < -0.4 is 14.5 Å². The van der Waals surface area contributed by atoms with Crippen molar-refractivity contribution in [2.24, 2.45) is 5.10 Å². The van der Waals surface area contributed by atoms with Gasteiger partial charge < -0.3 is 9.47 Å². The fourth-order valence-corrected chi connectivity index (χ4v) is 3.56. The molecule has 5 heteroatoms. The fourth-order valence-electron chi connectivity index (χ4n) is 3.56. The number of amides is 1. The molecule has 32 heavy (non-hydrogen) atoms. The molecule has 0 atom stereocenters. The Balaban J connectivity index is 1.56. The first-order chi connectivity index (χ1) is 15.5. The molecule has 5 nitrogen and oxygen atoms in total. The Kier molecular flexibility index (Phi) is 6.36. The third kappa shape index (κ3) is 4.72. The number of ether oxygens (including phenoxy) is 2. The highest BCUT2D eigenvalue weighted by atomic mass is 16.5. The van der Waals surface area contributed by atoms with Crippen LogP contribution >= 0.6 is 0 Å². The van der Waals surface area contributed by atoms with Gasteiger partial charge in [-0.15, -0.1) is 0 Å². The standard InChI is InChI=1S/C27H26N2O3/c1-4-31-26-17-21(13-14-25(26)32-18-22-10-8-9-19(2)15-22)16-24-20(3)28-29(27(24)30)23-11-6-5-7-12-23/h5-17H,4,18H2,1-3H3/b24-16-. The highest BCUT2D eigenvalue weighted by Crippen LogP contribution is 2.31. The number of anilines is 1. The SMILES string of the molecule is CCOc1cc(/C=C2\C(=O)N(c3ccccc3)N=C2C)ccc1OCc1cccc(C)c1. The quantitative estimate of drug-likeness (QED) is 0.450. The Morgan fingerprint density at radius 3 is 2.47 bits per heavy atom. The monoisotopic (exact) mass is 426 g/mol. The van der Waals surface area contributed by atoms with Crippen molar-refractivity contribution in [3.05, 3.63) is 95.1 Å². The Morgan fingerprint density at radius 2 is 1.72 bits per heavy atom. The third-order valence-corrected chi connectivity index (χ3v) is 5.12. The van der Waals surface area contributed by atoms with Crippen molar-refractivity contribution in [3.63, 3.8) is 0 Å². The van der Waals surface area contributed by atoms with Crippen LogP contribution in [0.15, 0.2) is 83.5 Å². The second-order valence-corrected chi connectivity index (χ2v) is 7.61. The van der Waals surface area contributed by atoms with Gasteiger partial charge in [0, 0.05) is 0 Å². The first-order valence-electron chi connectivity index (χ1n) is 10.7. The number of hydrogen-bond acceptors (Lipinski definition) is 4. The van der Waals surface area contributed by atoms with Crippen LogP contribution in [0.4, 0.5) is 5.69 Å². The van der Waals surface area contributed by atoms with Gasteiger partial charge in [-0.25, -0.2) is 0 Å². The van der Waals surface area contributed by atoms with Crippen LogP contribution in [0.2, 0.25) is 0 Å². The summed E-state index contributed by atoms with van der Waals surface area (Å²) in [5.74, 6) is 1.17. The van der Waals surface area contributed by atoms with E-state index in [1.807, 2.05) is 80.6 Å². The Bertz CT molecular complexity index is 1180. The van der Waals surface area contributed by atoms with E-state index in [-0.39, 0.29) is 5.91 Å². The summed E-state index contributed by atoms with van der Waals surface area (Å²) in [6.07, 6.45) is 1.84. The van der Waals surface area contributed by atoms with Gasteiger partial charge in [-0.3, -0.25) is 4.79 Å². The maximum absolute atomic E-state index is 13.0. The van der Waals surface area contributed by atoms with E-state index in [9.17, 15) is 4.79 Å². The average Bonchev–Trinajstić information content (AvgIpc) is 3.08. The minimum Gasteiger partial charge on any atom is -0.490 e. The predicted molar refractivity (Wildman–Crippen MR) is 128 cm³/mol. The number of carbonyl (C=O) groups excluding carboxylic acids is 1. The molecule has 0 saturated heterocycles. The van der Waals surface area contributed by atoms with E-state index in [1.54, 1.807) is 0 Å². The number of hydrazone groups is 1. The van der Waals surface area contributed by atoms with Gasteiger partial charge in [0.1, 0.15) is 6.61 Å². The predicted octanol–water partition coefficient (Wildman–Crippen LogP) is 5.78. The maximum atomic E-state index is 13.0. The van der Waals surface area contributed by atoms with Gasteiger partial charge in [0.25, 0.3) is 5.91 Å². The lowest BCUT2D eigenvalue weighted by atomic mass is 10.1. The van der Waals surface area contributed by atoms with Gasteiger partial charge in [-0.2, -0.15) is 10.1 Å². The lowest BCUT2D eigenvalue weighted by molar-refractivity contribution is -0.114. The summed E-state index contributed by atoms with van der Waals surface area (Å²) >= 11 is 0. The van der Waals surface area contributed by atoms with Gasteiger partial charge in [-0.1, -0.05) is 54.1 Å². The second kappa shape index (κ2) is 9.52. The molecule has 0 fully saturated rings. The molecule has 1 aliphatic heterocycles. The number of hydrogen-bond donors (Lipinski definition) is 0. The lowest BCUT2D eigenvalue weighted by Gasteiger charge is -2.13. The van der Waals surface area contributed by atoms with Crippen molar-refractivity contribution in [2.75, 3.05) is 11.6 Å². The van der Waals surface area contributed by atoms with E-state index in [1.165, 1.54) is 10.6 Å². The van der Waals surface area contributed by atoms with Crippen molar-refractivity contribution in [1.29, 1.82) is 0 Å². The van der Waals surface area contributed by atoms with Crippen molar-refractivity contribution < 1.29 is 14.3 Å². The zero-order valence-corrected chi connectivity index (χ0v) is 18.5. The first kappa shape index (κ1) is 21.4. The van der Waals surface area contributed by atoms with Crippen molar-refractivity contribution >= 4 is 23.4 Å². The topological polar surface area (TPSA) is 51.1 Å². The number of nitrogens with zero attached hydrogens (tertiary/aromatic N) is 2. The molecule has 0 unspecified atom stereocenters. The normalized spacial score (nSPS) is 14.6. The van der Waals surface area contributed by atoms with Gasteiger partial charge in [0.2, 0.25) is 0 Å². The third-order valence-electron chi connectivity index (χ3n) is 5.12. The summed E-state index contributed by atoms with van der Waals surface area (Å²) in [4.78, 5) is 13.0. The highest BCUT2D eigenvalue weighted by Gasteiger charge is 2.28. The molecule has 3 aromatic carbocycles. The Labute approximate surface area is 188 Å². The van der Waals surface area contributed by atoms with Crippen LogP contribution in [-0.2, 0) is 11.4 Å². The number of para-hydroxylation sites is 1. The molecular formula is C27H26N2O3. The second-order valence-electron chi connectivity index (χ2n) is 7.61. The lowest BCUT2D eigenvalue weighted by Crippen LogP contribution is -2.21. The maximum Gasteiger partial charge on any atom is 0.280 e. The van der Waals surface area contributed by atoms with Crippen LogP contribution in [0.3, 0.4) is 0 Å². The molecule has 4 rings (SSSR count). The number of rotatable bonds is 7. The molecule has 0 spiro atoms. The Morgan fingerprint density at radius 1 is 0.906 bits per heavy atom. The van der Waals surface area contributed by atoms with E-state index < -0.39 is 0 Å². The molecule has 1 amide bonds. The van der Waals surface area contributed by atoms with Gasteiger partial charge in [0.15, 0.2) is 11.5 Å². The fraction of sp³-hybridized carbons (Fsp3) is 0.185. The molecule has 0 N–H and O–H groups in total. The van der Waals surface area contributed by atoms with Gasteiger partial charge in [-0.05, 0) is 62.2 Å². The first-order valence-corrected chi connectivity index (χ1v) is 10.7. The largest absolute Gasteiger partial charge is 0.490 e. The van der Waals surface area contributed by atoms with Crippen LogP contribution in [0.1, 0.15) is 30.5 Å². The van der Waals surface area contributed by atoms with E-state index in [2.05, 4.69) is 24.2 Å². The summed E-state index contributed by atoms with van der Waals surface area (Å²) in [6, 6.07) is 23.3. The van der Waals surface area contributed by atoms with Crippen LogP contribution in [-0.4, -0.2) is 18.2 Å². The molecule has 0 saturated carbocycles. The van der Waals surface area contributed by atoms with Crippen molar-refractivity contribution in [2.45, 2.75) is 27.4 Å². The molecule has 3 aromatic rings. The highest BCUT2D eigenvalue weighted by molar-refractivity contribution is 6.32. The van der Waals surface area contributed by atoms with E-state index in [0.29, 0.717) is 36.0 Å².